The van der Waals surface area contributed by atoms with Gasteiger partial charge in [0.15, 0.2) is 0 Å². The van der Waals surface area contributed by atoms with E-state index in [0.717, 1.165) is 6.42 Å². The van der Waals surface area contributed by atoms with Crippen molar-refractivity contribution >= 4 is 11.7 Å². The fourth-order valence-electron chi connectivity index (χ4n) is 2.11. The molecule has 0 aliphatic carbocycles. The molecule has 0 radical (unpaired) electrons. The smallest absolute Gasteiger partial charge is 0.319 e. The molecule has 24 heavy (non-hydrogen) atoms. The first kappa shape index (κ1) is 17.8. The summed E-state index contributed by atoms with van der Waals surface area (Å²) >= 11 is 0. The first-order valence-corrected chi connectivity index (χ1v) is 7.94. The van der Waals surface area contributed by atoms with Crippen molar-refractivity contribution in [2.45, 2.75) is 25.9 Å². The summed E-state index contributed by atoms with van der Waals surface area (Å²) in [5.41, 5.74) is 0.683. The Morgan fingerprint density at radius 3 is 2.96 bits per heavy atom. The third-order valence-electron chi connectivity index (χ3n) is 3.37. The molecule has 0 unspecified atom stereocenters. The molecule has 7 nitrogen and oxygen atoms in total. The maximum atomic E-state index is 12.0. The van der Waals surface area contributed by atoms with E-state index in [0.29, 0.717) is 31.2 Å². The number of carbonyl (C=O) groups is 1. The summed E-state index contributed by atoms with van der Waals surface area (Å²) in [6.45, 7) is 3.72. The number of aromatic nitrogens is 2. The van der Waals surface area contributed by atoms with Crippen molar-refractivity contribution < 1.29 is 14.3 Å². The normalized spacial score (nSPS) is 11.8. The van der Waals surface area contributed by atoms with Crippen LogP contribution in [-0.2, 0) is 11.3 Å². The third kappa shape index (κ3) is 6.29. The molecule has 0 saturated heterocycles. The lowest BCUT2D eigenvalue weighted by Crippen LogP contribution is -2.36. The maximum absolute atomic E-state index is 12.0. The summed E-state index contributed by atoms with van der Waals surface area (Å²) in [5, 5.41) is 9.78. The van der Waals surface area contributed by atoms with Gasteiger partial charge in [0, 0.05) is 43.9 Å². The molecule has 0 aliphatic heterocycles. The number of carbonyl (C=O) groups excluding carboxylic acids is 1. The Bertz CT molecular complexity index is 616. The molecular weight excluding hydrogens is 308 g/mol. The van der Waals surface area contributed by atoms with Gasteiger partial charge >= 0.3 is 6.03 Å². The number of methoxy groups -OCH3 is 1. The van der Waals surface area contributed by atoms with Crippen LogP contribution < -0.4 is 15.4 Å². The number of amides is 2. The van der Waals surface area contributed by atoms with E-state index in [9.17, 15) is 4.79 Å². The van der Waals surface area contributed by atoms with E-state index in [-0.39, 0.29) is 12.1 Å². The van der Waals surface area contributed by atoms with E-state index < -0.39 is 0 Å². The lowest BCUT2D eigenvalue weighted by atomic mass is 10.2. The lowest BCUT2D eigenvalue weighted by molar-refractivity contribution is 0.185. The number of nitrogens with one attached hydrogen (secondary N) is 2. The van der Waals surface area contributed by atoms with Gasteiger partial charge in [-0.1, -0.05) is 6.07 Å². The van der Waals surface area contributed by atoms with Crippen LogP contribution >= 0.6 is 0 Å². The summed E-state index contributed by atoms with van der Waals surface area (Å²) in [7, 11) is 1.64. The monoisotopic (exact) mass is 332 g/mol. The molecule has 2 N–H and O–H groups in total. The highest BCUT2D eigenvalue weighted by atomic mass is 16.5. The van der Waals surface area contributed by atoms with Crippen molar-refractivity contribution in [3.05, 3.63) is 42.7 Å². The zero-order chi connectivity index (χ0) is 17.2. The van der Waals surface area contributed by atoms with Crippen molar-refractivity contribution in [1.29, 1.82) is 0 Å². The van der Waals surface area contributed by atoms with Gasteiger partial charge in [0.2, 0.25) is 0 Å². The molecule has 2 aromatic rings. The summed E-state index contributed by atoms with van der Waals surface area (Å²) in [5.74, 6) is 0.701. The molecule has 0 fully saturated rings. The Hall–Kier alpha value is -2.54. The van der Waals surface area contributed by atoms with Crippen LogP contribution in [0.15, 0.2) is 42.7 Å². The largest absolute Gasteiger partial charge is 0.492 e. The third-order valence-corrected chi connectivity index (χ3v) is 3.37. The quantitative estimate of drug-likeness (QED) is 0.740. The standard InChI is InChI=1S/C17H24N4O3/c1-14(7-11-23-2)19-17(22)20-15-5-3-6-16(13-15)24-12-10-21-9-4-8-18-21/h3-6,8-9,13-14H,7,10-12H2,1-2H3,(H2,19,20,22)/t14-/m0/s1. The zero-order valence-corrected chi connectivity index (χ0v) is 14.1. The van der Waals surface area contributed by atoms with Crippen LogP contribution in [0.1, 0.15) is 13.3 Å². The number of hydrogen-bond donors (Lipinski definition) is 2. The first-order valence-electron chi connectivity index (χ1n) is 7.94. The van der Waals surface area contributed by atoms with Crippen molar-refractivity contribution in [2.75, 3.05) is 25.6 Å². The first-order chi connectivity index (χ1) is 11.7. The van der Waals surface area contributed by atoms with Crippen LogP contribution in [-0.4, -0.2) is 42.2 Å². The van der Waals surface area contributed by atoms with Crippen LogP contribution in [0.25, 0.3) is 0 Å². The lowest BCUT2D eigenvalue weighted by Gasteiger charge is -2.14. The van der Waals surface area contributed by atoms with Crippen LogP contribution in [0, 0.1) is 0 Å². The molecule has 1 atom stereocenters. The second-order valence-corrected chi connectivity index (χ2v) is 5.43. The SMILES string of the molecule is COCC[C@H](C)NC(=O)Nc1cccc(OCCn2cccn2)c1. The van der Waals surface area contributed by atoms with Crippen molar-refractivity contribution in [2.24, 2.45) is 0 Å². The fraction of sp³-hybridized carbons (Fsp3) is 0.412. The number of nitrogens with zero attached hydrogens (tertiary/aromatic N) is 2. The minimum Gasteiger partial charge on any atom is -0.492 e. The summed E-state index contributed by atoms with van der Waals surface area (Å²) in [6, 6.07) is 8.98. The highest BCUT2D eigenvalue weighted by Crippen LogP contribution is 2.17. The molecule has 1 aromatic carbocycles. The summed E-state index contributed by atoms with van der Waals surface area (Å²) in [6.07, 6.45) is 4.38. The predicted molar refractivity (Wildman–Crippen MR) is 92.3 cm³/mol. The molecular formula is C17H24N4O3. The number of anilines is 1. The molecule has 2 amide bonds. The van der Waals surface area contributed by atoms with Gasteiger partial charge in [0.25, 0.3) is 0 Å². The number of rotatable bonds is 9. The molecule has 0 saturated carbocycles. The van der Waals surface area contributed by atoms with Gasteiger partial charge in [-0.05, 0) is 31.5 Å². The highest BCUT2D eigenvalue weighted by molar-refractivity contribution is 5.89. The average molecular weight is 332 g/mol. The van der Waals surface area contributed by atoms with E-state index in [2.05, 4.69) is 15.7 Å². The molecule has 0 bridgehead atoms. The average Bonchev–Trinajstić information content (AvgIpc) is 3.06. The zero-order valence-electron chi connectivity index (χ0n) is 14.1. The second kappa shape index (κ2) is 9.57. The molecule has 7 heteroatoms. The van der Waals surface area contributed by atoms with Gasteiger partial charge < -0.3 is 20.1 Å². The predicted octanol–water partition coefficient (Wildman–Crippen LogP) is 2.51. The van der Waals surface area contributed by atoms with Gasteiger partial charge in [-0.3, -0.25) is 4.68 Å². The Morgan fingerprint density at radius 1 is 1.33 bits per heavy atom. The minimum atomic E-state index is -0.243. The number of ether oxygens (including phenoxy) is 2. The summed E-state index contributed by atoms with van der Waals surface area (Å²) in [4.78, 5) is 12.0. The Balaban J connectivity index is 1.77. The Morgan fingerprint density at radius 2 is 2.21 bits per heavy atom. The molecule has 0 aliphatic rings. The Kier molecular flexibility index (Phi) is 7.10. The van der Waals surface area contributed by atoms with Crippen LogP contribution in [0.4, 0.5) is 10.5 Å². The second-order valence-electron chi connectivity index (χ2n) is 5.43. The van der Waals surface area contributed by atoms with Crippen LogP contribution in [0.3, 0.4) is 0 Å². The van der Waals surface area contributed by atoms with Crippen molar-refractivity contribution in [1.82, 2.24) is 15.1 Å². The van der Waals surface area contributed by atoms with Gasteiger partial charge in [0.1, 0.15) is 12.4 Å². The molecule has 2 rings (SSSR count). The van der Waals surface area contributed by atoms with E-state index in [1.54, 1.807) is 24.1 Å². The molecule has 1 aromatic heterocycles. The van der Waals surface area contributed by atoms with Gasteiger partial charge in [0.05, 0.1) is 6.54 Å². The van der Waals surface area contributed by atoms with Crippen molar-refractivity contribution in [3.63, 3.8) is 0 Å². The molecule has 0 spiro atoms. The van der Waals surface area contributed by atoms with Crippen LogP contribution in [0.5, 0.6) is 5.75 Å². The van der Waals surface area contributed by atoms with E-state index in [1.807, 2.05) is 37.4 Å². The van der Waals surface area contributed by atoms with E-state index in [4.69, 9.17) is 9.47 Å². The number of benzene rings is 1. The van der Waals surface area contributed by atoms with Crippen LogP contribution in [0.2, 0.25) is 0 Å². The van der Waals surface area contributed by atoms with E-state index >= 15 is 0 Å². The van der Waals surface area contributed by atoms with Gasteiger partial charge in [-0.2, -0.15) is 5.10 Å². The maximum Gasteiger partial charge on any atom is 0.319 e. The fourth-order valence-corrected chi connectivity index (χ4v) is 2.11. The number of hydrogen-bond acceptors (Lipinski definition) is 4. The van der Waals surface area contributed by atoms with Crippen molar-refractivity contribution in [3.8, 4) is 5.75 Å². The van der Waals surface area contributed by atoms with Gasteiger partial charge in [-0.15, -0.1) is 0 Å². The molecule has 1 heterocycles. The molecule has 130 valence electrons. The van der Waals surface area contributed by atoms with Gasteiger partial charge in [-0.25, -0.2) is 4.79 Å². The highest BCUT2D eigenvalue weighted by Gasteiger charge is 2.07. The number of urea groups is 1. The Labute approximate surface area is 142 Å². The van der Waals surface area contributed by atoms with E-state index in [1.165, 1.54) is 0 Å². The minimum absolute atomic E-state index is 0.0402. The summed E-state index contributed by atoms with van der Waals surface area (Å²) < 4.78 is 12.5. The topological polar surface area (TPSA) is 77.4 Å².